The molecule has 0 aliphatic rings. The summed E-state index contributed by atoms with van der Waals surface area (Å²) in [5.74, 6) is 0.591. The largest absolute Gasteiger partial charge is 0.348 e. The molecule has 0 spiro atoms. The molecule has 2 amide bonds. The Morgan fingerprint density at radius 1 is 1.00 bits per heavy atom. The number of aryl methyl sites for hydroxylation is 1. The lowest BCUT2D eigenvalue weighted by atomic mass is 9.94. The van der Waals surface area contributed by atoms with Crippen molar-refractivity contribution in [2.45, 2.75) is 51.5 Å². The van der Waals surface area contributed by atoms with Crippen LogP contribution in [0.15, 0.2) is 53.4 Å². The second kappa shape index (κ2) is 10.9. The van der Waals surface area contributed by atoms with Crippen molar-refractivity contribution in [2.24, 2.45) is 5.92 Å². The van der Waals surface area contributed by atoms with Crippen LogP contribution in [0, 0.1) is 5.92 Å². The highest BCUT2D eigenvalue weighted by Gasteiger charge is 2.18. The predicted octanol–water partition coefficient (Wildman–Crippen LogP) is 5.20. The van der Waals surface area contributed by atoms with Crippen LogP contribution in [0.2, 0.25) is 0 Å². The van der Waals surface area contributed by atoms with Gasteiger partial charge in [-0.1, -0.05) is 51.5 Å². The maximum absolute atomic E-state index is 12.5. The topological polar surface area (TPSA) is 58.2 Å². The van der Waals surface area contributed by atoms with Crippen molar-refractivity contribution in [3.05, 3.63) is 59.7 Å². The highest BCUT2D eigenvalue weighted by molar-refractivity contribution is 8.00. The van der Waals surface area contributed by atoms with Crippen molar-refractivity contribution in [3.63, 3.8) is 0 Å². The lowest BCUT2D eigenvalue weighted by molar-refractivity contribution is -0.119. The molecule has 0 fully saturated rings. The first-order chi connectivity index (χ1) is 13.4. The zero-order valence-corrected chi connectivity index (χ0v) is 17.9. The third-order valence-corrected chi connectivity index (χ3v) is 5.42. The van der Waals surface area contributed by atoms with Crippen LogP contribution in [0.1, 0.15) is 51.3 Å². The zero-order chi connectivity index (χ0) is 20.5. The molecule has 0 radical (unpaired) electrons. The second-order valence-electron chi connectivity index (χ2n) is 7.28. The van der Waals surface area contributed by atoms with Crippen molar-refractivity contribution < 1.29 is 9.59 Å². The van der Waals surface area contributed by atoms with E-state index in [0.717, 1.165) is 29.0 Å². The quantitative estimate of drug-likeness (QED) is 0.571. The number of anilines is 1. The van der Waals surface area contributed by atoms with Crippen molar-refractivity contribution in [3.8, 4) is 0 Å². The number of hydrogen-bond donors (Lipinski definition) is 2. The molecular weight excluding hydrogens is 368 g/mol. The molecule has 0 saturated heterocycles. The molecule has 2 N–H and O–H groups in total. The van der Waals surface area contributed by atoms with E-state index in [4.69, 9.17) is 0 Å². The van der Waals surface area contributed by atoms with Crippen LogP contribution in [0.25, 0.3) is 0 Å². The first kappa shape index (κ1) is 22.0. The van der Waals surface area contributed by atoms with E-state index in [-0.39, 0.29) is 17.9 Å². The van der Waals surface area contributed by atoms with E-state index in [0.29, 0.717) is 11.7 Å². The molecule has 0 aromatic heterocycles. The van der Waals surface area contributed by atoms with Gasteiger partial charge in [0.25, 0.3) is 0 Å². The molecule has 1 atom stereocenters. The summed E-state index contributed by atoms with van der Waals surface area (Å²) in [6, 6.07) is 16.1. The molecule has 1 unspecified atom stereocenters. The van der Waals surface area contributed by atoms with Gasteiger partial charge in [-0.3, -0.25) is 9.59 Å². The fourth-order valence-electron chi connectivity index (χ4n) is 3.02. The highest BCUT2D eigenvalue weighted by atomic mass is 32.2. The summed E-state index contributed by atoms with van der Waals surface area (Å²) in [7, 11) is 0. The van der Waals surface area contributed by atoms with E-state index < -0.39 is 0 Å². The molecule has 4 nitrogen and oxygen atoms in total. The van der Waals surface area contributed by atoms with Crippen LogP contribution in [-0.2, 0) is 16.0 Å². The fraction of sp³-hybridized carbons (Fsp3) is 0.391. The molecule has 2 rings (SSSR count). The van der Waals surface area contributed by atoms with Gasteiger partial charge >= 0.3 is 0 Å². The second-order valence-corrected chi connectivity index (χ2v) is 8.32. The Kier molecular flexibility index (Phi) is 8.58. The highest BCUT2D eigenvalue weighted by Crippen LogP contribution is 2.24. The Balaban J connectivity index is 1.92. The maximum Gasteiger partial charge on any atom is 0.230 e. The molecule has 5 heteroatoms. The number of carbonyl (C=O) groups is 2. The van der Waals surface area contributed by atoms with Crippen LogP contribution in [0.5, 0.6) is 0 Å². The number of rotatable bonds is 9. The average Bonchev–Trinajstić information content (AvgIpc) is 2.66. The van der Waals surface area contributed by atoms with Gasteiger partial charge < -0.3 is 10.6 Å². The van der Waals surface area contributed by atoms with E-state index in [1.165, 1.54) is 24.2 Å². The number of thioether (sulfide) groups is 1. The standard InChI is InChI=1S/C23H30N2O2S/c1-5-6-18-7-9-19(10-8-18)23(16(2)3)25-22(27)15-28-21-13-11-20(12-14-21)24-17(4)26/h7-14,16,23H,5-6,15H2,1-4H3,(H,24,26)(H,25,27). The van der Waals surface area contributed by atoms with E-state index >= 15 is 0 Å². The van der Waals surface area contributed by atoms with Crippen LogP contribution in [-0.4, -0.2) is 17.6 Å². The van der Waals surface area contributed by atoms with E-state index in [9.17, 15) is 9.59 Å². The van der Waals surface area contributed by atoms with Crippen LogP contribution >= 0.6 is 11.8 Å². The van der Waals surface area contributed by atoms with Crippen molar-refractivity contribution in [1.82, 2.24) is 5.32 Å². The summed E-state index contributed by atoms with van der Waals surface area (Å²) in [5, 5.41) is 5.91. The molecule has 0 aliphatic heterocycles. The smallest absolute Gasteiger partial charge is 0.230 e. The molecule has 0 aliphatic carbocycles. The van der Waals surface area contributed by atoms with Gasteiger partial charge in [0.05, 0.1) is 11.8 Å². The molecule has 0 bridgehead atoms. The van der Waals surface area contributed by atoms with Crippen LogP contribution in [0.3, 0.4) is 0 Å². The van der Waals surface area contributed by atoms with Gasteiger partial charge in [-0.05, 0) is 47.7 Å². The zero-order valence-electron chi connectivity index (χ0n) is 17.1. The van der Waals surface area contributed by atoms with Gasteiger partial charge in [-0.15, -0.1) is 11.8 Å². The van der Waals surface area contributed by atoms with Gasteiger partial charge in [0.1, 0.15) is 0 Å². The molecular formula is C23H30N2O2S. The molecule has 28 heavy (non-hydrogen) atoms. The minimum absolute atomic E-state index is 0.00548. The minimum Gasteiger partial charge on any atom is -0.348 e. The number of benzene rings is 2. The minimum atomic E-state index is -0.0952. The van der Waals surface area contributed by atoms with Gasteiger partial charge in [0.15, 0.2) is 0 Å². The average molecular weight is 399 g/mol. The van der Waals surface area contributed by atoms with Crippen molar-refractivity contribution >= 4 is 29.3 Å². The molecule has 150 valence electrons. The number of amides is 2. The first-order valence-electron chi connectivity index (χ1n) is 9.77. The molecule has 0 heterocycles. The maximum atomic E-state index is 12.5. The fourth-order valence-corrected chi connectivity index (χ4v) is 3.73. The summed E-state index contributed by atoms with van der Waals surface area (Å²) >= 11 is 1.49. The van der Waals surface area contributed by atoms with Crippen LogP contribution in [0.4, 0.5) is 5.69 Å². The van der Waals surface area contributed by atoms with Crippen molar-refractivity contribution in [2.75, 3.05) is 11.1 Å². The Morgan fingerprint density at radius 2 is 1.64 bits per heavy atom. The Bertz CT molecular complexity index is 770. The van der Waals surface area contributed by atoms with Gasteiger partial charge in [0, 0.05) is 17.5 Å². The Hall–Kier alpha value is -2.27. The summed E-state index contributed by atoms with van der Waals surface area (Å²) in [6.07, 6.45) is 2.21. The van der Waals surface area contributed by atoms with Crippen LogP contribution < -0.4 is 10.6 Å². The molecule has 0 saturated carbocycles. The SMILES string of the molecule is CCCc1ccc(C(NC(=O)CSc2ccc(NC(C)=O)cc2)C(C)C)cc1. The number of carbonyl (C=O) groups excluding carboxylic acids is 2. The van der Waals surface area contributed by atoms with Gasteiger partial charge in [-0.25, -0.2) is 0 Å². The lowest BCUT2D eigenvalue weighted by Gasteiger charge is -2.23. The summed E-state index contributed by atoms with van der Waals surface area (Å²) in [4.78, 5) is 24.6. The van der Waals surface area contributed by atoms with Gasteiger partial charge in [0.2, 0.25) is 11.8 Å². The number of hydrogen-bond acceptors (Lipinski definition) is 3. The normalized spacial score (nSPS) is 11.9. The third kappa shape index (κ3) is 7.04. The lowest BCUT2D eigenvalue weighted by Crippen LogP contribution is -2.33. The number of nitrogens with one attached hydrogen (secondary N) is 2. The Morgan fingerprint density at radius 3 is 2.18 bits per heavy atom. The van der Waals surface area contributed by atoms with E-state index in [2.05, 4.69) is 55.7 Å². The summed E-state index contributed by atoms with van der Waals surface area (Å²) in [5.41, 5.74) is 3.24. The third-order valence-electron chi connectivity index (χ3n) is 4.41. The summed E-state index contributed by atoms with van der Waals surface area (Å²) in [6.45, 7) is 7.91. The molecule has 2 aromatic rings. The Labute approximate surface area is 172 Å². The first-order valence-corrected chi connectivity index (χ1v) is 10.8. The van der Waals surface area contributed by atoms with E-state index in [1.807, 2.05) is 24.3 Å². The van der Waals surface area contributed by atoms with E-state index in [1.54, 1.807) is 0 Å². The monoisotopic (exact) mass is 398 g/mol. The molecule has 2 aromatic carbocycles. The van der Waals surface area contributed by atoms with Crippen molar-refractivity contribution in [1.29, 1.82) is 0 Å². The predicted molar refractivity (Wildman–Crippen MR) is 118 cm³/mol. The van der Waals surface area contributed by atoms with Gasteiger partial charge in [-0.2, -0.15) is 0 Å². The summed E-state index contributed by atoms with van der Waals surface area (Å²) < 4.78 is 0.